The highest BCUT2D eigenvalue weighted by molar-refractivity contribution is 6.14. The summed E-state index contributed by atoms with van der Waals surface area (Å²) in [5.74, 6) is 0.358. The quantitative estimate of drug-likeness (QED) is 0.215. The van der Waals surface area contributed by atoms with Gasteiger partial charge in [0.1, 0.15) is 0 Å². The zero-order valence-corrected chi connectivity index (χ0v) is 19.7. The van der Waals surface area contributed by atoms with Crippen molar-refractivity contribution in [3.63, 3.8) is 0 Å². The number of carbonyl (C=O) groups is 2. The van der Waals surface area contributed by atoms with E-state index in [0.717, 1.165) is 0 Å². The summed E-state index contributed by atoms with van der Waals surface area (Å²) >= 11 is 0. The summed E-state index contributed by atoms with van der Waals surface area (Å²) in [7, 11) is 6.09. The second-order valence-electron chi connectivity index (χ2n) is 6.43. The average Bonchev–Trinajstić information content (AvgIpc) is 2.84. The fourth-order valence-electron chi connectivity index (χ4n) is 2.98. The van der Waals surface area contributed by atoms with Crippen LogP contribution in [0, 0.1) is 0 Å². The molecule has 0 spiro atoms. The standard InChI is InChI=1S/C24H29NO8/c1-7-32-23(26)18(24(27)33-8-2)15-25(16-9-11-19(28-3)21(13-16)30-5)17-10-12-20(29-4)22(14-17)31-6/h9-15H,7-8H2,1-6H3. The van der Waals surface area contributed by atoms with E-state index in [1.54, 1.807) is 55.1 Å². The lowest BCUT2D eigenvalue weighted by Crippen LogP contribution is -2.22. The van der Waals surface area contributed by atoms with Crippen LogP contribution in [-0.4, -0.2) is 53.6 Å². The van der Waals surface area contributed by atoms with Gasteiger partial charge in [0.2, 0.25) is 0 Å². The highest BCUT2D eigenvalue weighted by atomic mass is 16.6. The Morgan fingerprint density at radius 3 is 1.42 bits per heavy atom. The van der Waals surface area contributed by atoms with Gasteiger partial charge in [-0.05, 0) is 38.1 Å². The van der Waals surface area contributed by atoms with Crippen molar-refractivity contribution < 1.29 is 38.0 Å². The van der Waals surface area contributed by atoms with Crippen LogP contribution in [0.3, 0.4) is 0 Å². The first-order chi connectivity index (χ1) is 15.9. The van der Waals surface area contributed by atoms with E-state index in [9.17, 15) is 9.59 Å². The second kappa shape index (κ2) is 12.2. The van der Waals surface area contributed by atoms with E-state index in [1.807, 2.05) is 0 Å². The Morgan fingerprint density at radius 1 is 0.697 bits per heavy atom. The van der Waals surface area contributed by atoms with Crippen molar-refractivity contribution in [2.75, 3.05) is 46.6 Å². The molecule has 0 atom stereocenters. The molecule has 0 amide bonds. The predicted molar refractivity (Wildman–Crippen MR) is 123 cm³/mol. The van der Waals surface area contributed by atoms with Crippen molar-refractivity contribution in [3.8, 4) is 23.0 Å². The lowest BCUT2D eigenvalue weighted by molar-refractivity contribution is -0.146. The smallest absolute Gasteiger partial charge is 0.347 e. The van der Waals surface area contributed by atoms with Crippen molar-refractivity contribution in [2.24, 2.45) is 0 Å². The maximum Gasteiger partial charge on any atom is 0.347 e. The molecule has 2 aromatic carbocycles. The molecule has 0 aromatic heterocycles. The first-order valence-electron chi connectivity index (χ1n) is 10.2. The minimum atomic E-state index is -0.804. The molecule has 0 saturated heterocycles. The number of benzene rings is 2. The van der Waals surface area contributed by atoms with Gasteiger partial charge in [0.15, 0.2) is 28.6 Å². The molecule has 0 N–H and O–H groups in total. The van der Waals surface area contributed by atoms with Crippen molar-refractivity contribution in [1.82, 2.24) is 0 Å². The van der Waals surface area contributed by atoms with Crippen LogP contribution in [0.4, 0.5) is 11.4 Å². The molecular formula is C24H29NO8. The molecule has 0 heterocycles. The van der Waals surface area contributed by atoms with E-state index in [-0.39, 0.29) is 18.8 Å². The number of rotatable bonds is 11. The van der Waals surface area contributed by atoms with Gasteiger partial charge in [-0.25, -0.2) is 9.59 Å². The molecule has 9 nitrogen and oxygen atoms in total. The highest BCUT2D eigenvalue weighted by Crippen LogP contribution is 2.38. The van der Waals surface area contributed by atoms with Gasteiger partial charge in [-0.2, -0.15) is 0 Å². The minimum Gasteiger partial charge on any atom is -0.493 e. The Balaban J connectivity index is 2.74. The number of anilines is 2. The molecule has 33 heavy (non-hydrogen) atoms. The van der Waals surface area contributed by atoms with Crippen molar-refractivity contribution in [3.05, 3.63) is 48.2 Å². The van der Waals surface area contributed by atoms with Crippen molar-refractivity contribution in [1.29, 1.82) is 0 Å². The molecule has 2 aromatic rings. The predicted octanol–water partition coefficient (Wildman–Crippen LogP) is 3.87. The summed E-state index contributed by atoms with van der Waals surface area (Å²) in [6, 6.07) is 10.3. The van der Waals surface area contributed by atoms with Crippen LogP contribution >= 0.6 is 0 Å². The molecule has 0 unspecified atom stereocenters. The molecule has 0 aliphatic rings. The van der Waals surface area contributed by atoms with Gasteiger partial charge in [-0.1, -0.05) is 0 Å². The van der Waals surface area contributed by atoms with E-state index in [0.29, 0.717) is 34.4 Å². The largest absolute Gasteiger partial charge is 0.493 e. The highest BCUT2D eigenvalue weighted by Gasteiger charge is 2.24. The summed E-state index contributed by atoms with van der Waals surface area (Å²) in [5, 5.41) is 0. The fraction of sp³-hybridized carbons (Fsp3) is 0.333. The van der Waals surface area contributed by atoms with Gasteiger partial charge in [0.25, 0.3) is 0 Å². The third kappa shape index (κ3) is 6.09. The van der Waals surface area contributed by atoms with E-state index in [4.69, 9.17) is 28.4 Å². The topological polar surface area (TPSA) is 92.8 Å². The third-order valence-electron chi connectivity index (χ3n) is 4.54. The van der Waals surface area contributed by atoms with Crippen LogP contribution < -0.4 is 23.8 Å². The van der Waals surface area contributed by atoms with E-state index >= 15 is 0 Å². The molecule has 0 bridgehead atoms. The summed E-state index contributed by atoms with van der Waals surface area (Å²) in [6.45, 7) is 3.51. The summed E-state index contributed by atoms with van der Waals surface area (Å²) in [6.07, 6.45) is 1.36. The Hall–Kier alpha value is -3.88. The Bertz CT molecular complexity index is 926. The Labute approximate surface area is 193 Å². The average molecular weight is 459 g/mol. The summed E-state index contributed by atoms with van der Waals surface area (Å²) < 4.78 is 31.7. The zero-order chi connectivity index (χ0) is 24.4. The van der Waals surface area contributed by atoms with Gasteiger partial charge >= 0.3 is 11.9 Å². The maximum absolute atomic E-state index is 12.6. The van der Waals surface area contributed by atoms with E-state index < -0.39 is 11.9 Å². The Kier molecular flexibility index (Phi) is 9.41. The molecule has 0 radical (unpaired) electrons. The van der Waals surface area contributed by atoms with Crippen LogP contribution in [0.15, 0.2) is 48.2 Å². The number of esters is 2. The molecule has 2 rings (SSSR count). The van der Waals surface area contributed by atoms with Gasteiger partial charge in [-0.15, -0.1) is 0 Å². The minimum absolute atomic E-state index is 0.0995. The van der Waals surface area contributed by atoms with E-state index in [2.05, 4.69) is 0 Å². The fourth-order valence-corrected chi connectivity index (χ4v) is 2.98. The molecule has 0 aliphatic carbocycles. The number of carbonyl (C=O) groups excluding carboxylic acids is 2. The van der Waals surface area contributed by atoms with Crippen LogP contribution in [0.2, 0.25) is 0 Å². The lowest BCUT2D eigenvalue weighted by Gasteiger charge is -2.24. The lowest BCUT2D eigenvalue weighted by atomic mass is 10.2. The molecular weight excluding hydrogens is 430 g/mol. The molecule has 0 aliphatic heterocycles. The SMILES string of the molecule is CCOC(=O)C(=CN(c1ccc(OC)c(OC)c1)c1ccc(OC)c(OC)c1)C(=O)OCC. The van der Waals surface area contributed by atoms with Crippen LogP contribution in [0.1, 0.15) is 13.8 Å². The van der Waals surface area contributed by atoms with Gasteiger partial charge in [-0.3, -0.25) is 0 Å². The first-order valence-corrected chi connectivity index (χ1v) is 10.2. The summed E-state index contributed by atoms with van der Waals surface area (Å²) in [5.41, 5.74) is 0.875. The number of ether oxygens (including phenoxy) is 6. The zero-order valence-electron chi connectivity index (χ0n) is 19.7. The molecule has 9 heteroatoms. The second-order valence-corrected chi connectivity index (χ2v) is 6.43. The Morgan fingerprint density at radius 2 is 1.09 bits per heavy atom. The van der Waals surface area contributed by atoms with Gasteiger partial charge in [0, 0.05) is 29.7 Å². The monoisotopic (exact) mass is 459 g/mol. The number of nitrogens with zero attached hydrogens (tertiary/aromatic N) is 1. The van der Waals surface area contributed by atoms with Crippen molar-refractivity contribution >= 4 is 23.3 Å². The van der Waals surface area contributed by atoms with Crippen LogP contribution in [0.25, 0.3) is 0 Å². The van der Waals surface area contributed by atoms with Gasteiger partial charge in [0.05, 0.1) is 41.7 Å². The normalized spacial score (nSPS) is 10.0. The van der Waals surface area contributed by atoms with Crippen LogP contribution in [0.5, 0.6) is 23.0 Å². The number of hydrogen-bond acceptors (Lipinski definition) is 9. The third-order valence-corrected chi connectivity index (χ3v) is 4.54. The number of hydrogen-bond donors (Lipinski definition) is 0. The van der Waals surface area contributed by atoms with Crippen LogP contribution in [-0.2, 0) is 19.1 Å². The van der Waals surface area contributed by atoms with E-state index in [1.165, 1.54) is 34.6 Å². The molecule has 0 fully saturated rings. The first kappa shape index (κ1) is 25.4. The summed E-state index contributed by atoms with van der Waals surface area (Å²) in [4.78, 5) is 26.8. The van der Waals surface area contributed by atoms with Gasteiger partial charge < -0.3 is 33.3 Å². The maximum atomic E-state index is 12.6. The molecule has 178 valence electrons. The molecule has 0 saturated carbocycles. The van der Waals surface area contributed by atoms with Crippen molar-refractivity contribution in [2.45, 2.75) is 13.8 Å². The number of methoxy groups -OCH3 is 4.